The van der Waals surface area contributed by atoms with E-state index in [4.69, 9.17) is 0 Å². The first-order valence-corrected chi connectivity index (χ1v) is 5.36. The highest BCUT2D eigenvalue weighted by atomic mass is 32.2. The van der Waals surface area contributed by atoms with Crippen LogP contribution in [0.4, 0.5) is 0 Å². The summed E-state index contributed by atoms with van der Waals surface area (Å²) in [6.07, 6.45) is 2.47. The minimum absolute atomic E-state index is 0.671. The maximum atomic E-state index is 3.99. The molecule has 0 saturated heterocycles. The summed E-state index contributed by atoms with van der Waals surface area (Å²) in [5, 5.41) is 1.45. The third-order valence-electron chi connectivity index (χ3n) is 1.89. The van der Waals surface area contributed by atoms with Crippen molar-refractivity contribution in [1.29, 1.82) is 0 Å². The van der Waals surface area contributed by atoms with E-state index in [1.807, 2.05) is 0 Å². The minimum atomic E-state index is 0.671. The van der Waals surface area contributed by atoms with Gasteiger partial charge in [0.1, 0.15) is 0 Å². The summed E-state index contributed by atoms with van der Waals surface area (Å²) in [5.41, 5.74) is 1.32. The van der Waals surface area contributed by atoms with Gasteiger partial charge in [0.2, 0.25) is 0 Å². The first-order chi connectivity index (χ1) is 5.11. The Morgan fingerprint density at radius 2 is 1.91 bits per heavy atom. The molecule has 0 aliphatic heterocycles. The first-order valence-electron chi connectivity index (χ1n) is 4.42. The zero-order valence-electron chi connectivity index (χ0n) is 8.18. The molecular weight excluding hydrogens is 152 g/mol. The average molecular weight is 172 g/mol. The van der Waals surface area contributed by atoms with Crippen molar-refractivity contribution >= 4 is 11.8 Å². The van der Waals surface area contributed by atoms with Gasteiger partial charge in [0, 0.05) is 10.5 Å². The van der Waals surface area contributed by atoms with Gasteiger partial charge in [-0.05, 0) is 19.8 Å². The lowest BCUT2D eigenvalue weighted by Gasteiger charge is -2.18. The van der Waals surface area contributed by atoms with Crippen molar-refractivity contribution < 1.29 is 0 Å². The van der Waals surface area contributed by atoms with E-state index in [0.717, 1.165) is 5.25 Å². The van der Waals surface area contributed by atoms with Gasteiger partial charge in [0.05, 0.1) is 0 Å². The Morgan fingerprint density at radius 3 is 2.18 bits per heavy atom. The lowest BCUT2D eigenvalue weighted by atomic mass is 10.2. The molecule has 0 nitrogen and oxygen atoms in total. The van der Waals surface area contributed by atoms with Crippen LogP contribution in [0.1, 0.15) is 40.5 Å². The summed E-state index contributed by atoms with van der Waals surface area (Å²) in [6, 6.07) is 0. The fourth-order valence-electron chi connectivity index (χ4n) is 0.937. The Morgan fingerprint density at radius 1 is 1.36 bits per heavy atom. The molecule has 0 aromatic rings. The quantitative estimate of drug-likeness (QED) is 0.567. The zero-order chi connectivity index (χ0) is 8.85. The molecule has 0 radical (unpaired) electrons. The van der Waals surface area contributed by atoms with Crippen LogP contribution in [0.25, 0.3) is 0 Å². The molecule has 0 aromatic heterocycles. The fourth-order valence-corrected chi connectivity index (χ4v) is 2.12. The second-order valence-electron chi connectivity index (χ2n) is 3.10. The molecule has 2 unspecified atom stereocenters. The number of rotatable bonds is 5. The molecule has 0 fully saturated rings. The summed E-state index contributed by atoms with van der Waals surface area (Å²) >= 11 is 2.05. The highest BCUT2D eigenvalue weighted by molar-refractivity contribution is 8.00. The highest BCUT2D eigenvalue weighted by Crippen LogP contribution is 2.26. The van der Waals surface area contributed by atoms with Gasteiger partial charge in [-0.15, -0.1) is 0 Å². The Labute approximate surface area is 75.5 Å². The molecule has 0 spiro atoms. The molecule has 0 bridgehead atoms. The summed E-state index contributed by atoms with van der Waals surface area (Å²) in [7, 11) is 0. The third-order valence-corrected chi connectivity index (χ3v) is 3.75. The second kappa shape index (κ2) is 5.70. The molecule has 11 heavy (non-hydrogen) atoms. The highest BCUT2D eigenvalue weighted by Gasteiger charge is 2.10. The van der Waals surface area contributed by atoms with E-state index in [2.05, 4.69) is 46.0 Å². The largest absolute Gasteiger partial charge is 0.151 e. The fraction of sp³-hybridized carbons (Fsp3) is 0.800. The van der Waals surface area contributed by atoms with E-state index < -0.39 is 0 Å². The second-order valence-corrected chi connectivity index (χ2v) is 4.74. The molecular formula is C10H20S. The van der Waals surface area contributed by atoms with Crippen LogP contribution >= 0.6 is 11.8 Å². The van der Waals surface area contributed by atoms with Gasteiger partial charge in [-0.2, -0.15) is 11.8 Å². The number of thioether (sulfide) groups is 1. The van der Waals surface area contributed by atoms with Gasteiger partial charge in [0.25, 0.3) is 0 Å². The standard InChI is InChI=1S/C10H20S/c1-6-9(5)11-10(7-2)8(3)4/h9-10H,3,6-7H2,1-2,4-5H3. The van der Waals surface area contributed by atoms with E-state index in [-0.39, 0.29) is 0 Å². The Bertz CT molecular complexity index is 118. The Hall–Kier alpha value is 0.0900. The maximum Gasteiger partial charge on any atom is 0.0251 e. The van der Waals surface area contributed by atoms with Crippen LogP contribution in [0.2, 0.25) is 0 Å². The molecule has 2 atom stereocenters. The maximum absolute atomic E-state index is 3.99. The lowest BCUT2D eigenvalue weighted by Crippen LogP contribution is -2.07. The topological polar surface area (TPSA) is 0 Å². The normalized spacial score (nSPS) is 16.0. The minimum Gasteiger partial charge on any atom is -0.151 e. The van der Waals surface area contributed by atoms with Crippen molar-refractivity contribution in [2.45, 2.75) is 51.0 Å². The van der Waals surface area contributed by atoms with E-state index in [9.17, 15) is 0 Å². The SMILES string of the molecule is C=C(C)C(CC)SC(C)CC. The zero-order valence-corrected chi connectivity index (χ0v) is 9.00. The smallest absolute Gasteiger partial charge is 0.0251 e. The first kappa shape index (κ1) is 11.1. The van der Waals surface area contributed by atoms with Crippen molar-refractivity contribution in [2.75, 3.05) is 0 Å². The molecule has 0 aliphatic rings. The van der Waals surface area contributed by atoms with Crippen LogP contribution in [-0.2, 0) is 0 Å². The monoisotopic (exact) mass is 172 g/mol. The van der Waals surface area contributed by atoms with Crippen LogP contribution in [0.5, 0.6) is 0 Å². The molecule has 0 amide bonds. The molecule has 66 valence electrons. The van der Waals surface area contributed by atoms with Gasteiger partial charge in [-0.1, -0.05) is 32.9 Å². The average Bonchev–Trinajstić information content (AvgIpc) is 1.99. The van der Waals surface area contributed by atoms with Crippen LogP contribution in [0.3, 0.4) is 0 Å². The van der Waals surface area contributed by atoms with Crippen molar-refractivity contribution in [3.63, 3.8) is 0 Å². The van der Waals surface area contributed by atoms with E-state index in [1.165, 1.54) is 18.4 Å². The van der Waals surface area contributed by atoms with Crippen molar-refractivity contribution in [2.24, 2.45) is 0 Å². The summed E-state index contributed by atoms with van der Waals surface area (Å²) in [4.78, 5) is 0. The van der Waals surface area contributed by atoms with E-state index in [1.54, 1.807) is 0 Å². The molecule has 0 saturated carbocycles. The van der Waals surface area contributed by atoms with E-state index in [0.29, 0.717) is 5.25 Å². The van der Waals surface area contributed by atoms with Crippen LogP contribution in [-0.4, -0.2) is 10.5 Å². The summed E-state index contributed by atoms with van der Waals surface area (Å²) in [5.74, 6) is 0. The van der Waals surface area contributed by atoms with Gasteiger partial charge in [-0.25, -0.2) is 0 Å². The predicted octanol–water partition coefficient (Wildman–Crippen LogP) is 3.87. The number of hydrogen-bond acceptors (Lipinski definition) is 1. The van der Waals surface area contributed by atoms with Crippen LogP contribution in [0, 0.1) is 0 Å². The molecule has 0 heterocycles. The van der Waals surface area contributed by atoms with Gasteiger partial charge in [0.15, 0.2) is 0 Å². The van der Waals surface area contributed by atoms with E-state index >= 15 is 0 Å². The van der Waals surface area contributed by atoms with Gasteiger partial charge >= 0.3 is 0 Å². The molecule has 0 aromatic carbocycles. The molecule has 1 heteroatoms. The third kappa shape index (κ3) is 4.52. The van der Waals surface area contributed by atoms with Gasteiger partial charge < -0.3 is 0 Å². The van der Waals surface area contributed by atoms with Crippen LogP contribution in [0.15, 0.2) is 12.2 Å². The van der Waals surface area contributed by atoms with Gasteiger partial charge in [-0.3, -0.25) is 0 Å². The van der Waals surface area contributed by atoms with Crippen molar-refractivity contribution in [3.05, 3.63) is 12.2 Å². The van der Waals surface area contributed by atoms with Crippen LogP contribution < -0.4 is 0 Å². The predicted molar refractivity (Wildman–Crippen MR) is 56.2 cm³/mol. The lowest BCUT2D eigenvalue weighted by molar-refractivity contribution is 0.872. The molecule has 0 N–H and O–H groups in total. The van der Waals surface area contributed by atoms with Crippen molar-refractivity contribution in [1.82, 2.24) is 0 Å². The van der Waals surface area contributed by atoms with Crippen molar-refractivity contribution in [3.8, 4) is 0 Å². The Balaban J connectivity index is 3.77. The Kier molecular flexibility index (Phi) is 5.75. The summed E-state index contributed by atoms with van der Waals surface area (Å²) in [6.45, 7) is 12.9. The summed E-state index contributed by atoms with van der Waals surface area (Å²) < 4.78 is 0. The number of hydrogen-bond donors (Lipinski definition) is 0. The molecule has 0 aliphatic carbocycles. The molecule has 0 rings (SSSR count).